The number of aromatic nitrogens is 2. The van der Waals surface area contributed by atoms with Crippen LogP contribution in [-0.2, 0) is 0 Å². The molecule has 1 aliphatic rings. The molecule has 104 valence electrons. The van der Waals surface area contributed by atoms with Crippen LogP contribution in [0, 0.1) is 5.82 Å². The maximum absolute atomic E-state index is 12.8. The number of hydrogen-bond acceptors (Lipinski definition) is 6. The highest BCUT2D eigenvalue weighted by molar-refractivity contribution is 5.64. The predicted octanol–water partition coefficient (Wildman–Crippen LogP) is 1.33. The van der Waals surface area contributed by atoms with Crippen molar-refractivity contribution in [2.75, 3.05) is 29.5 Å². The average Bonchev–Trinajstić information content (AvgIpc) is 2.40. The van der Waals surface area contributed by atoms with Crippen molar-refractivity contribution in [2.24, 2.45) is 0 Å². The van der Waals surface area contributed by atoms with Gasteiger partial charge < -0.3 is 21.7 Å². The number of nitrogens with two attached hydrogens (primary N) is 1. The standard InChI is InChI=1S/C13H15FN6/c14-8-1-3-9(4-2-8)19-13-17-7-11(15)12(20-13)18-10-5-16-6-10/h1-4,7,10,16H,5-6,15H2,(H2,17,18,19,20). The molecular formula is C13H15FN6. The van der Waals surface area contributed by atoms with E-state index in [0.717, 1.165) is 13.1 Å². The molecule has 1 saturated heterocycles. The van der Waals surface area contributed by atoms with Gasteiger partial charge in [0.05, 0.1) is 17.9 Å². The molecule has 5 N–H and O–H groups in total. The third-order valence-corrected chi connectivity index (χ3v) is 3.04. The second-order valence-electron chi connectivity index (χ2n) is 4.63. The Labute approximate surface area is 115 Å². The van der Waals surface area contributed by atoms with E-state index >= 15 is 0 Å². The molecule has 7 heteroatoms. The lowest BCUT2D eigenvalue weighted by atomic mass is 10.2. The van der Waals surface area contributed by atoms with E-state index < -0.39 is 0 Å². The second-order valence-corrected chi connectivity index (χ2v) is 4.63. The van der Waals surface area contributed by atoms with E-state index in [1.807, 2.05) is 0 Å². The van der Waals surface area contributed by atoms with Gasteiger partial charge in [0.2, 0.25) is 5.95 Å². The van der Waals surface area contributed by atoms with E-state index in [-0.39, 0.29) is 5.82 Å². The lowest BCUT2D eigenvalue weighted by molar-refractivity contribution is 0.471. The van der Waals surface area contributed by atoms with Crippen molar-refractivity contribution in [2.45, 2.75) is 6.04 Å². The number of benzene rings is 1. The van der Waals surface area contributed by atoms with Crippen molar-refractivity contribution in [3.05, 3.63) is 36.3 Å². The second kappa shape index (κ2) is 5.30. The maximum Gasteiger partial charge on any atom is 0.229 e. The molecule has 1 fully saturated rings. The topological polar surface area (TPSA) is 87.9 Å². The number of nitrogen functional groups attached to an aromatic ring is 1. The van der Waals surface area contributed by atoms with Gasteiger partial charge in [-0.2, -0.15) is 4.98 Å². The number of rotatable bonds is 4. The van der Waals surface area contributed by atoms with E-state index in [1.54, 1.807) is 18.3 Å². The summed E-state index contributed by atoms with van der Waals surface area (Å²) in [5.74, 6) is 0.741. The van der Waals surface area contributed by atoms with Crippen LogP contribution in [0.15, 0.2) is 30.5 Å². The first-order valence-corrected chi connectivity index (χ1v) is 6.33. The highest BCUT2D eigenvalue weighted by atomic mass is 19.1. The van der Waals surface area contributed by atoms with Crippen LogP contribution in [0.4, 0.5) is 27.5 Å². The summed E-state index contributed by atoms with van der Waals surface area (Å²) in [6.07, 6.45) is 1.55. The Morgan fingerprint density at radius 3 is 2.65 bits per heavy atom. The van der Waals surface area contributed by atoms with Crippen LogP contribution >= 0.6 is 0 Å². The van der Waals surface area contributed by atoms with Gasteiger partial charge in [-0.05, 0) is 24.3 Å². The van der Waals surface area contributed by atoms with Gasteiger partial charge in [-0.15, -0.1) is 0 Å². The SMILES string of the molecule is Nc1cnc(Nc2ccc(F)cc2)nc1NC1CNC1. The molecule has 0 aliphatic carbocycles. The molecular weight excluding hydrogens is 259 g/mol. The molecule has 0 saturated carbocycles. The third-order valence-electron chi connectivity index (χ3n) is 3.04. The number of anilines is 4. The van der Waals surface area contributed by atoms with Crippen molar-refractivity contribution in [3.8, 4) is 0 Å². The summed E-state index contributed by atoms with van der Waals surface area (Å²) in [7, 11) is 0. The first-order valence-electron chi connectivity index (χ1n) is 6.33. The van der Waals surface area contributed by atoms with Crippen LogP contribution in [0.5, 0.6) is 0 Å². The van der Waals surface area contributed by atoms with Gasteiger partial charge in [-0.3, -0.25) is 0 Å². The van der Waals surface area contributed by atoms with E-state index in [1.165, 1.54) is 12.1 Å². The fraction of sp³-hybridized carbons (Fsp3) is 0.231. The van der Waals surface area contributed by atoms with Crippen LogP contribution in [0.2, 0.25) is 0 Å². The van der Waals surface area contributed by atoms with Crippen molar-refractivity contribution in [1.29, 1.82) is 0 Å². The number of nitrogens with one attached hydrogen (secondary N) is 3. The van der Waals surface area contributed by atoms with Crippen LogP contribution in [0.1, 0.15) is 0 Å². The molecule has 2 heterocycles. The van der Waals surface area contributed by atoms with E-state index in [2.05, 4.69) is 25.9 Å². The summed E-state index contributed by atoms with van der Waals surface area (Å²) in [6, 6.07) is 6.33. The smallest absolute Gasteiger partial charge is 0.229 e. The zero-order valence-corrected chi connectivity index (χ0v) is 10.7. The molecule has 20 heavy (non-hydrogen) atoms. The van der Waals surface area contributed by atoms with Crippen LogP contribution in [0.3, 0.4) is 0 Å². The molecule has 0 bridgehead atoms. The Kier molecular flexibility index (Phi) is 3.34. The number of hydrogen-bond donors (Lipinski definition) is 4. The Hall–Kier alpha value is -2.41. The first-order chi connectivity index (χ1) is 9.70. The number of halogens is 1. The predicted molar refractivity (Wildman–Crippen MR) is 76.4 cm³/mol. The summed E-state index contributed by atoms with van der Waals surface area (Å²) in [4.78, 5) is 8.44. The van der Waals surface area contributed by atoms with Gasteiger partial charge in [-0.1, -0.05) is 0 Å². The summed E-state index contributed by atoms with van der Waals surface area (Å²) in [5.41, 5.74) is 7.06. The molecule has 6 nitrogen and oxygen atoms in total. The Balaban J connectivity index is 1.75. The minimum atomic E-state index is -0.284. The van der Waals surface area contributed by atoms with Crippen molar-refractivity contribution in [3.63, 3.8) is 0 Å². The molecule has 1 aromatic heterocycles. The molecule has 2 aromatic rings. The van der Waals surface area contributed by atoms with Crippen molar-refractivity contribution in [1.82, 2.24) is 15.3 Å². The van der Waals surface area contributed by atoms with Gasteiger partial charge in [0.25, 0.3) is 0 Å². The number of nitrogens with zero attached hydrogens (tertiary/aromatic N) is 2. The third kappa shape index (κ3) is 2.77. The highest BCUT2D eigenvalue weighted by Gasteiger charge is 2.18. The molecule has 3 rings (SSSR count). The van der Waals surface area contributed by atoms with Crippen molar-refractivity contribution < 1.29 is 4.39 Å². The molecule has 1 aliphatic heterocycles. The Morgan fingerprint density at radius 1 is 1.25 bits per heavy atom. The molecule has 0 amide bonds. The van der Waals surface area contributed by atoms with E-state index in [9.17, 15) is 4.39 Å². The first kappa shape index (κ1) is 12.6. The summed E-state index contributed by atoms with van der Waals surface area (Å²) >= 11 is 0. The fourth-order valence-corrected chi connectivity index (χ4v) is 1.81. The van der Waals surface area contributed by atoms with Gasteiger partial charge in [0.15, 0.2) is 5.82 Å². The fourth-order valence-electron chi connectivity index (χ4n) is 1.81. The quantitative estimate of drug-likeness (QED) is 0.672. The largest absolute Gasteiger partial charge is 0.394 e. The highest BCUT2D eigenvalue weighted by Crippen LogP contribution is 2.20. The van der Waals surface area contributed by atoms with Gasteiger partial charge in [0.1, 0.15) is 5.82 Å². The monoisotopic (exact) mass is 274 g/mol. The molecule has 0 radical (unpaired) electrons. The normalized spacial score (nSPS) is 14.7. The maximum atomic E-state index is 12.8. The zero-order valence-electron chi connectivity index (χ0n) is 10.7. The van der Waals surface area contributed by atoms with Gasteiger partial charge >= 0.3 is 0 Å². The molecule has 0 unspecified atom stereocenters. The molecule has 0 spiro atoms. The average molecular weight is 274 g/mol. The van der Waals surface area contributed by atoms with E-state index in [4.69, 9.17) is 5.73 Å². The zero-order chi connectivity index (χ0) is 13.9. The summed E-state index contributed by atoms with van der Waals surface area (Å²) < 4.78 is 12.8. The van der Waals surface area contributed by atoms with Crippen LogP contribution in [-0.4, -0.2) is 29.1 Å². The van der Waals surface area contributed by atoms with Crippen LogP contribution in [0.25, 0.3) is 0 Å². The van der Waals surface area contributed by atoms with Gasteiger partial charge in [0, 0.05) is 18.8 Å². The van der Waals surface area contributed by atoms with E-state index in [0.29, 0.717) is 29.2 Å². The lowest BCUT2D eigenvalue weighted by Crippen LogP contribution is -2.51. The Bertz CT molecular complexity index is 596. The minimum absolute atomic E-state index is 0.284. The van der Waals surface area contributed by atoms with Crippen LogP contribution < -0.4 is 21.7 Å². The minimum Gasteiger partial charge on any atom is -0.394 e. The summed E-state index contributed by atoms with van der Waals surface area (Å²) in [5, 5.41) is 9.41. The van der Waals surface area contributed by atoms with Crippen molar-refractivity contribution >= 4 is 23.1 Å². The van der Waals surface area contributed by atoms with Gasteiger partial charge in [-0.25, -0.2) is 9.37 Å². The molecule has 0 atom stereocenters. The molecule has 1 aromatic carbocycles. The lowest BCUT2D eigenvalue weighted by Gasteiger charge is -2.28. The Morgan fingerprint density at radius 2 is 2.00 bits per heavy atom. The summed E-state index contributed by atoms with van der Waals surface area (Å²) in [6.45, 7) is 1.79.